The molecule has 0 aliphatic carbocycles. The Balaban J connectivity index is 1.72. The smallest absolute Gasteiger partial charge is 0.288 e. The molecule has 11 heteroatoms. The average molecular weight is 539 g/mol. The molecule has 0 spiro atoms. The molecule has 10 nitrogen and oxygen atoms in total. The van der Waals surface area contributed by atoms with Gasteiger partial charge in [-0.2, -0.15) is 0 Å². The lowest BCUT2D eigenvalue weighted by atomic mass is 10.0. The number of nitrogens with zero attached hydrogens (tertiary/aromatic N) is 2. The summed E-state index contributed by atoms with van der Waals surface area (Å²) in [5.74, 6) is -2.19. The second-order valence-electron chi connectivity index (χ2n) is 9.55. The minimum absolute atomic E-state index is 0.0357. The van der Waals surface area contributed by atoms with Gasteiger partial charge in [-0.1, -0.05) is 56.3 Å². The number of fused-ring (bicyclic) bond motifs is 1. The largest absolute Gasteiger partial charge is 0.458 e. The number of furan rings is 1. The molecule has 1 aromatic carbocycles. The van der Waals surface area contributed by atoms with E-state index in [4.69, 9.17) is 10.2 Å². The van der Waals surface area contributed by atoms with Crippen LogP contribution in [0.2, 0.25) is 0 Å². The summed E-state index contributed by atoms with van der Waals surface area (Å²) in [5, 5.41) is 1.77. The van der Waals surface area contributed by atoms with Gasteiger partial charge in [0.2, 0.25) is 21.1 Å². The van der Waals surface area contributed by atoms with Gasteiger partial charge in [0.05, 0.1) is 12.3 Å². The van der Waals surface area contributed by atoms with Crippen LogP contribution in [0.4, 0.5) is 0 Å². The molecule has 0 bridgehead atoms. The number of nitrogens with two attached hydrogens (primary N) is 1. The standard InChI is InChI=1S/C27H30N4O6S/c1-17(2)15-21(30-25(33)24-19-10-4-3-9-18(19)16-37-24)26(34)31-14-8-6-11-20(28)23(32)27(31)38(35,36)22-12-5-7-13-29-22/h3-7,9-13,16-17,20-21,27H,8,14-15,28H2,1-2H3,(H,30,33)/t20?,21-,27?/m0/s1. The molecule has 2 amide bonds. The average Bonchev–Trinajstić information content (AvgIpc) is 3.33. The summed E-state index contributed by atoms with van der Waals surface area (Å²) < 4.78 is 32.8. The van der Waals surface area contributed by atoms with Gasteiger partial charge in [-0.3, -0.25) is 14.4 Å². The number of nitrogens with one attached hydrogen (secondary N) is 1. The maximum Gasteiger partial charge on any atom is 0.288 e. The van der Waals surface area contributed by atoms with Gasteiger partial charge in [-0.25, -0.2) is 13.4 Å². The van der Waals surface area contributed by atoms with E-state index < -0.39 is 44.9 Å². The van der Waals surface area contributed by atoms with Gasteiger partial charge in [0.25, 0.3) is 5.91 Å². The normalized spacial score (nSPS) is 19.3. The first-order valence-corrected chi connectivity index (χ1v) is 13.8. The summed E-state index contributed by atoms with van der Waals surface area (Å²) >= 11 is 0. The van der Waals surface area contributed by atoms with Crippen molar-refractivity contribution in [2.75, 3.05) is 6.54 Å². The molecule has 3 atom stereocenters. The SMILES string of the molecule is CC(C)C[C@H](NC(=O)c1occ2ccccc12)C(=O)N1CCC=CC(N)C(=O)C1S(=O)(=O)c1ccccn1. The lowest BCUT2D eigenvalue weighted by Crippen LogP contribution is -2.59. The minimum Gasteiger partial charge on any atom is -0.458 e. The predicted molar refractivity (Wildman–Crippen MR) is 141 cm³/mol. The van der Waals surface area contributed by atoms with E-state index in [0.29, 0.717) is 5.39 Å². The summed E-state index contributed by atoms with van der Waals surface area (Å²) in [6.45, 7) is 3.67. The summed E-state index contributed by atoms with van der Waals surface area (Å²) in [4.78, 5) is 45.5. The van der Waals surface area contributed by atoms with E-state index in [-0.39, 0.29) is 36.1 Å². The van der Waals surface area contributed by atoms with Crippen molar-refractivity contribution in [3.8, 4) is 0 Å². The molecule has 3 heterocycles. The highest BCUT2D eigenvalue weighted by Gasteiger charge is 2.45. The molecule has 0 saturated carbocycles. The number of carbonyl (C=O) groups excluding carboxylic acids is 3. The van der Waals surface area contributed by atoms with Crippen molar-refractivity contribution in [1.82, 2.24) is 15.2 Å². The number of aromatic nitrogens is 1. The van der Waals surface area contributed by atoms with E-state index in [1.807, 2.05) is 19.9 Å². The Kier molecular flexibility index (Phi) is 8.08. The van der Waals surface area contributed by atoms with E-state index in [1.54, 1.807) is 30.3 Å². The van der Waals surface area contributed by atoms with Crippen LogP contribution in [-0.2, 0) is 19.4 Å². The Morgan fingerprint density at radius 3 is 2.63 bits per heavy atom. The van der Waals surface area contributed by atoms with Crippen LogP contribution in [0.15, 0.2) is 76.5 Å². The third-order valence-electron chi connectivity index (χ3n) is 6.27. The van der Waals surface area contributed by atoms with Crippen molar-refractivity contribution in [3.05, 3.63) is 72.8 Å². The number of hydrogen-bond acceptors (Lipinski definition) is 8. The quantitative estimate of drug-likeness (QED) is 0.435. The van der Waals surface area contributed by atoms with Crippen LogP contribution in [-0.4, -0.2) is 59.9 Å². The zero-order chi connectivity index (χ0) is 27.4. The highest BCUT2D eigenvalue weighted by molar-refractivity contribution is 7.92. The second-order valence-corrected chi connectivity index (χ2v) is 11.5. The molecule has 0 fully saturated rings. The molecular formula is C27H30N4O6S. The van der Waals surface area contributed by atoms with Gasteiger partial charge in [0.15, 0.2) is 16.6 Å². The number of rotatable bonds is 7. The van der Waals surface area contributed by atoms with E-state index in [0.717, 1.165) is 10.3 Å². The van der Waals surface area contributed by atoms with Crippen LogP contribution in [0, 0.1) is 5.92 Å². The van der Waals surface area contributed by atoms with Crippen molar-refractivity contribution in [2.24, 2.45) is 11.7 Å². The van der Waals surface area contributed by atoms with Gasteiger partial charge in [-0.05, 0) is 30.9 Å². The molecular weight excluding hydrogens is 508 g/mol. The van der Waals surface area contributed by atoms with E-state index in [9.17, 15) is 22.8 Å². The van der Waals surface area contributed by atoms with Crippen molar-refractivity contribution < 1.29 is 27.2 Å². The van der Waals surface area contributed by atoms with Crippen molar-refractivity contribution in [2.45, 2.75) is 49.2 Å². The van der Waals surface area contributed by atoms with Gasteiger partial charge in [0.1, 0.15) is 6.04 Å². The molecule has 0 radical (unpaired) electrons. The second kappa shape index (κ2) is 11.3. The molecule has 2 unspecified atom stereocenters. The molecule has 3 N–H and O–H groups in total. The Hall–Kier alpha value is -3.83. The van der Waals surface area contributed by atoms with E-state index in [1.165, 1.54) is 30.7 Å². The third-order valence-corrected chi connectivity index (χ3v) is 8.17. The van der Waals surface area contributed by atoms with Gasteiger partial charge < -0.3 is 20.4 Å². The minimum atomic E-state index is -4.44. The Labute approximate surface area is 220 Å². The first-order valence-electron chi connectivity index (χ1n) is 12.3. The summed E-state index contributed by atoms with van der Waals surface area (Å²) in [7, 11) is -4.44. The number of Topliss-reactive ketones (excluding diaryl/α,β-unsaturated/α-hetero) is 1. The number of hydrogen-bond donors (Lipinski definition) is 2. The first-order chi connectivity index (χ1) is 18.1. The molecule has 3 aromatic rings. The lowest BCUT2D eigenvalue weighted by molar-refractivity contribution is -0.139. The number of sulfone groups is 1. The van der Waals surface area contributed by atoms with Crippen molar-refractivity contribution in [3.63, 3.8) is 0 Å². The molecule has 1 aliphatic rings. The lowest BCUT2D eigenvalue weighted by Gasteiger charge is -2.35. The maximum atomic E-state index is 14.0. The molecule has 38 heavy (non-hydrogen) atoms. The fraction of sp³-hybridized carbons (Fsp3) is 0.333. The topological polar surface area (TPSA) is 153 Å². The summed E-state index contributed by atoms with van der Waals surface area (Å²) in [6.07, 6.45) is 6.28. The fourth-order valence-corrected chi connectivity index (χ4v) is 6.16. The van der Waals surface area contributed by atoms with Gasteiger partial charge in [0, 0.05) is 23.5 Å². The van der Waals surface area contributed by atoms with Crippen LogP contribution in [0.1, 0.15) is 37.2 Å². The first kappa shape index (κ1) is 27.2. The van der Waals surface area contributed by atoms with Gasteiger partial charge in [-0.15, -0.1) is 0 Å². The number of benzene rings is 1. The summed E-state index contributed by atoms with van der Waals surface area (Å²) in [5.41, 5.74) is 5.99. The number of amides is 2. The summed E-state index contributed by atoms with van der Waals surface area (Å²) in [6, 6.07) is 9.03. The monoisotopic (exact) mass is 538 g/mol. The van der Waals surface area contributed by atoms with Crippen molar-refractivity contribution >= 4 is 38.2 Å². The van der Waals surface area contributed by atoms with Crippen LogP contribution in [0.3, 0.4) is 0 Å². The predicted octanol–water partition coefficient (Wildman–Crippen LogP) is 2.46. The maximum absolute atomic E-state index is 14.0. The number of carbonyl (C=O) groups is 3. The number of pyridine rings is 1. The zero-order valence-corrected chi connectivity index (χ0v) is 21.9. The van der Waals surface area contributed by atoms with Gasteiger partial charge >= 0.3 is 0 Å². The van der Waals surface area contributed by atoms with Crippen LogP contribution >= 0.6 is 0 Å². The zero-order valence-electron chi connectivity index (χ0n) is 21.1. The van der Waals surface area contributed by atoms with Crippen LogP contribution in [0.5, 0.6) is 0 Å². The third kappa shape index (κ3) is 5.53. The van der Waals surface area contributed by atoms with E-state index >= 15 is 0 Å². The van der Waals surface area contributed by atoms with Crippen LogP contribution < -0.4 is 11.1 Å². The molecule has 0 saturated heterocycles. The highest BCUT2D eigenvalue weighted by atomic mass is 32.2. The molecule has 1 aliphatic heterocycles. The number of ketones is 1. The van der Waals surface area contributed by atoms with Crippen LogP contribution in [0.25, 0.3) is 10.8 Å². The van der Waals surface area contributed by atoms with E-state index in [2.05, 4.69) is 10.3 Å². The molecule has 2 aromatic heterocycles. The Morgan fingerprint density at radius 2 is 1.92 bits per heavy atom. The molecule has 200 valence electrons. The van der Waals surface area contributed by atoms with Crippen molar-refractivity contribution in [1.29, 1.82) is 0 Å². The molecule has 4 rings (SSSR count). The Morgan fingerprint density at radius 1 is 1.18 bits per heavy atom. The Bertz CT molecular complexity index is 1460. The fourth-order valence-electron chi connectivity index (χ4n) is 4.45. The highest BCUT2D eigenvalue weighted by Crippen LogP contribution is 2.24.